The second kappa shape index (κ2) is 10.8. The van der Waals surface area contributed by atoms with Gasteiger partial charge in [0.25, 0.3) is 5.91 Å². The Morgan fingerprint density at radius 1 is 1.06 bits per heavy atom. The summed E-state index contributed by atoms with van der Waals surface area (Å²) in [6.07, 6.45) is 3.42. The fourth-order valence-electron chi connectivity index (χ4n) is 3.46. The molecule has 178 valence electrons. The lowest BCUT2D eigenvalue weighted by molar-refractivity contribution is -0.113. The van der Waals surface area contributed by atoms with Crippen molar-refractivity contribution in [1.29, 1.82) is 0 Å². The zero-order chi connectivity index (χ0) is 24.9. The van der Waals surface area contributed by atoms with Crippen molar-refractivity contribution in [3.63, 3.8) is 0 Å². The molecule has 1 aliphatic rings. The van der Waals surface area contributed by atoms with E-state index in [1.807, 2.05) is 62.4 Å². The Balaban J connectivity index is 1.75. The summed E-state index contributed by atoms with van der Waals surface area (Å²) in [7, 11) is 1.55. The maximum atomic E-state index is 13.6. The van der Waals surface area contributed by atoms with Gasteiger partial charge in [0, 0.05) is 0 Å². The molecule has 35 heavy (non-hydrogen) atoms. The first-order valence-corrected chi connectivity index (χ1v) is 12.2. The summed E-state index contributed by atoms with van der Waals surface area (Å²) in [6.45, 7) is 8.00. The van der Waals surface area contributed by atoms with Crippen LogP contribution in [0, 0.1) is 13.8 Å². The van der Waals surface area contributed by atoms with Crippen LogP contribution in [0.3, 0.4) is 0 Å². The van der Waals surface area contributed by atoms with Crippen LogP contribution in [0.2, 0.25) is 5.02 Å². The number of ether oxygens (including phenoxy) is 2. The molecule has 1 aliphatic heterocycles. The van der Waals surface area contributed by atoms with E-state index in [9.17, 15) is 4.79 Å². The molecule has 1 amide bonds. The minimum absolute atomic E-state index is 0.160. The summed E-state index contributed by atoms with van der Waals surface area (Å²) in [5.41, 5.74) is 4.51. The molecule has 1 heterocycles. The molecule has 5 nitrogen and oxygen atoms in total. The molecule has 0 aliphatic carbocycles. The van der Waals surface area contributed by atoms with Crippen LogP contribution in [0.1, 0.15) is 16.7 Å². The zero-order valence-electron chi connectivity index (χ0n) is 19.7. The van der Waals surface area contributed by atoms with Gasteiger partial charge >= 0.3 is 0 Å². The maximum absolute atomic E-state index is 13.6. The normalized spacial score (nSPS) is 15.7. The summed E-state index contributed by atoms with van der Waals surface area (Å²) >= 11 is 7.78. The third-order valence-corrected chi connectivity index (χ3v) is 6.50. The van der Waals surface area contributed by atoms with Crippen LogP contribution >= 0.6 is 23.4 Å². The number of amides is 1. The van der Waals surface area contributed by atoms with E-state index in [-0.39, 0.29) is 5.91 Å². The van der Waals surface area contributed by atoms with Crippen molar-refractivity contribution < 1.29 is 14.3 Å². The molecule has 0 radical (unpaired) electrons. The predicted octanol–water partition coefficient (Wildman–Crippen LogP) is 7.34. The average Bonchev–Trinajstić information content (AvgIpc) is 3.14. The molecule has 0 unspecified atom stereocenters. The third-order valence-electron chi connectivity index (χ3n) is 5.25. The third kappa shape index (κ3) is 5.61. The molecular formula is C28H25ClN2O3S. The van der Waals surface area contributed by atoms with Gasteiger partial charge in [0.05, 0.1) is 28.4 Å². The van der Waals surface area contributed by atoms with Crippen LogP contribution in [0.15, 0.2) is 83.2 Å². The van der Waals surface area contributed by atoms with Crippen LogP contribution in [-0.4, -0.2) is 24.8 Å². The van der Waals surface area contributed by atoms with Crippen molar-refractivity contribution in [2.45, 2.75) is 13.8 Å². The summed E-state index contributed by atoms with van der Waals surface area (Å²) in [4.78, 5) is 20.5. The Morgan fingerprint density at radius 3 is 2.34 bits per heavy atom. The second-order valence-electron chi connectivity index (χ2n) is 7.95. The van der Waals surface area contributed by atoms with Crippen LogP contribution in [0.5, 0.6) is 11.5 Å². The summed E-state index contributed by atoms with van der Waals surface area (Å²) in [6, 6.07) is 19.2. The van der Waals surface area contributed by atoms with Crippen molar-refractivity contribution in [1.82, 2.24) is 0 Å². The van der Waals surface area contributed by atoms with Gasteiger partial charge in [0.2, 0.25) is 0 Å². The van der Waals surface area contributed by atoms with E-state index < -0.39 is 0 Å². The fraction of sp³-hybridized carbons (Fsp3) is 0.143. The van der Waals surface area contributed by atoms with Crippen molar-refractivity contribution in [3.05, 3.63) is 99.9 Å². The lowest BCUT2D eigenvalue weighted by atomic mass is 10.1. The summed E-state index contributed by atoms with van der Waals surface area (Å²) < 4.78 is 11.1. The summed E-state index contributed by atoms with van der Waals surface area (Å²) in [5.74, 6) is 0.752. The highest BCUT2D eigenvalue weighted by Crippen LogP contribution is 2.40. The van der Waals surface area contributed by atoms with Gasteiger partial charge in [-0.1, -0.05) is 59.6 Å². The van der Waals surface area contributed by atoms with Crippen molar-refractivity contribution >= 4 is 51.9 Å². The summed E-state index contributed by atoms with van der Waals surface area (Å²) in [5, 5.41) is 0.968. The molecule has 0 bridgehead atoms. The van der Waals surface area contributed by atoms with Crippen molar-refractivity contribution in [2.75, 3.05) is 18.6 Å². The molecular weight excluding hydrogens is 480 g/mol. The highest BCUT2D eigenvalue weighted by atomic mass is 35.5. The van der Waals surface area contributed by atoms with Gasteiger partial charge in [0.1, 0.15) is 6.61 Å². The van der Waals surface area contributed by atoms with Crippen LogP contribution < -0.4 is 14.4 Å². The van der Waals surface area contributed by atoms with Gasteiger partial charge in [-0.2, -0.15) is 0 Å². The van der Waals surface area contributed by atoms with Crippen molar-refractivity contribution in [2.24, 2.45) is 4.99 Å². The molecule has 7 heteroatoms. The number of hydrogen-bond acceptors (Lipinski definition) is 5. The number of carbonyl (C=O) groups is 1. The number of nitrogens with zero attached hydrogens (tertiary/aromatic N) is 2. The molecule has 0 spiro atoms. The van der Waals surface area contributed by atoms with Gasteiger partial charge < -0.3 is 9.47 Å². The largest absolute Gasteiger partial charge is 0.493 e. The second-order valence-corrected chi connectivity index (χ2v) is 9.37. The van der Waals surface area contributed by atoms with E-state index in [2.05, 4.69) is 6.58 Å². The Kier molecular flexibility index (Phi) is 7.63. The van der Waals surface area contributed by atoms with E-state index >= 15 is 0 Å². The molecule has 3 aromatic rings. The fourth-order valence-corrected chi connectivity index (χ4v) is 4.73. The number of amidine groups is 1. The first kappa shape index (κ1) is 24.6. The minimum Gasteiger partial charge on any atom is -0.493 e. The number of anilines is 1. The Hall–Kier alpha value is -3.48. The smallest absolute Gasteiger partial charge is 0.271 e. The molecule has 0 aromatic heterocycles. The van der Waals surface area contributed by atoms with E-state index in [4.69, 9.17) is 26.1 Å². The zero-order valence-corrected chi connectivity index (χ0v) is 21.3. The lowest BCUT2D eigenvalue weighted by Gasteiger charge is -2.16. The number of thioether (sulfide) groups is 1. The van der Waals surface area contributed by atoms with E-state index in [1.54, 1.807) is 36.3 Å². The number of benzene rings is 3. The number of aliphatic imine (C=N–C) groups is 1. The Labute approximate surface area is 214 Å². The molecule has 1 fully saturated rings. The van der Waals surface area contributed by atoms with Crippen LogP contribution in [-0.2, 0) is 4.79 Å². The average molecular weight is 505 g/mol. The van der Waals surface area contributed by atoms with Crippen LogP contribution in [0.25, 0.3) is 6.08 Å². The maximum Gasteiger partial charge on any atom is 0.271 e. The monoisotopic (exact) mass is 504 g/mol. The van der Waals surface area contributed by atoms with Gasteiger partial charge in [-0.15, -0.1) is 0 Å². The minimum atomic E-state index is -0.160. The Bertz CT molecular complexity index is 1320. The van der Waals surface area contributed by atoms with Gasteiger partial charge in [-0.25, -0.2) is 4.99 Å². The lowest BCUT2D eigenvalue weighted by Crippen LogP contribution is -2.28. The standard InChI is InChI=1S/C28H25ClN2O3S/c1-5-14-34-26-23(29)15-20(16-24(26)33-4)17-25-27(32)31(22-12-8-19(3)9-13-22)28(35-25)30-21-10-6-18(2)7-11-21/h5-13,15-17H,1,14H2,2-4H3/b25-17-,30-28?. The number of hydrogen-bond donors (Lipinski definition) is 0. The SMILES string of the molecule is C=CCOc1c(Cl)cc(/C=C2\SC(=Nc3ccc(C)cc3)N(c3ccc(C)cc3)C2=O)cc1OC. The molecule has 0 atom stereocenters. The Morgan fingerprint density at radius 2 is 1.71 bits per heavy atom. The van der Waals surface area contributed by atoms with E-state index in [0.717, 1.165) is 22.5 Å². The topological polar surface area (TPSA) is 51.1 Å². The number of rotatable bonds is 7. The van der Waals surface area contributed by atoms with Gasteiger partial charge in [0.15, 0.2) is 16.7 Å². The van der Waals surface area contributed by atoms with E-state index in [0.29, 0.717) is 38.8 Å². The molecule has 0 N–H and O–H groups in total. The quantitative estimate of drug-likeness (QED) is 0.249. The van der Waals surface area contributed by atoms with E-state index in [1.165, 1.54) is 11.8 Å². The highest BCUT2D eigenvalue weighted by molar-refractivity contribution is 8.19. The van der Waals surface area contributed by atoms with Gasteiger partial charge in [-0.05, 0) is 73.6 Å². The number of methoxy groups -OCH3 is 1. The first-order chi connectivity index (χ1) is 16.9. The van der Waals surface area contributed by atoms with Crippen LogP contribution in [0.4, 0.5) is 11.4 Å². The molecule has 3 aromatic carbocycles. The number of carbonyl (C=O) groups excluding carboxylic acids is 1. The first-order valence-electron chi connectivity index (χ1n) is 11.0. The molecule has 0 saturated carbocycles. The highest BCUT2D eigenvalue weighted by Gasteiger charge is 2.35. The number of aryl methyl sites for hydroxylation is 2. The van der Waals surface area contributed by atoms with Crippen molar-refractivity contribution in [3.8, 4) is 11.5 Å². The number of halogens is 1. The molecule has 1 saturated heterocycles. The van der Waals surface area contributed by atoms with Gasteiger partial charge in [-0.3, -0.25) is 9.69 Å². The predicted molar refractivity (Wildman–Crippen MR) is 146 cm³/mol. The molecule has 4 rings (SSSR count).